The van der Waals surface area contributed by atoms with Crippen molar-refractivity contribution in [3.8, 4) is 5.75 Å². The Morgan fingerprint density at radius 2 is 1.56 bits per heavy atom. The van der Waals surface area contributed by atoms with Crippen LogP contribution in [0.5, 0.6) is 5.75 Å². The van der Waals surface area contributed by atoms with Gasteiger partial charge in [-0.1, -0.05) is 48.5 Å². The van der Waals surface area contributed by atoms with Crippen LogP contribution in [0.3, 0.4) is 0 Å². The average molecular weight is 487 g/mol. The van der Waals surface area contributed by atoms with E-state index in [1.54, 1.807) is 66.7 Å². The zero-order chi connectivity index (χ0) is 25.7. The Balaban J connectivity index is 1.41. The van der Waals surface area contributed by atoms with Gasteiger partial charge in [-0.3, -0.25) is 24.1 Å². The van der Waals surface area contributed by atoms with E-state index in [1.807, 2.05) is 13.0 Å². The summed E-state index contributed by atoms with van der Waals surface area (Å²) < 4.78 is 10.9. The first-order valence-corrected chi connectivity index (χ1v) is 11.5. The van der Waals surface area contributed by atoms with Gasteiger partial charge in [0.05, 0.1) is 23.9 Å². The molecule has 1 N–H and O–H groups in total. The van der Waals surface area contributed by atoms with Crippen molar-refractivity contribution in [2.45, 2.75) is 25.9 Å². The minimum atomic E-state index is -1.19. The number of rotatable bonds is 9. The minimum absolute atomic E-state index is 0.0716. The fraction of sp³-hybridized carbons (Fsp3) is 0.214. The number of fused-ring (bicyclic) bond motifs is 1. The van der Waals surface area contributed by atoms with E-state index in [-0.39, 0.29) is 31.2 Å². The summed E-state index contributed by atoms with van der Waals surface area (Å²) in [5.74, 6) is -1.42. The molecule has 8 nitrogen and oxygen atoms in total. The number of benzene rings is 3. The van der Waals surface area contributed by atoms with Gasteiger partial charge in [0.1, 0.15) is 5.75 Å². The highest BCUT2D eigenvalue weighted by Crippen LogP contribution is 2.28. The molecule has 1 atom stereocenters. The fourth-order valence-corrected chi connectivity index (χ4v) is 4.03. The molecule has 0 bridgehead atoms. The van der Waals surface area contributed by atoms with Crippen LogP contribution in [0.25, 0.3) is 0 Å². The van der Waals surface area contributed by atoms with E-state index in [1.165, 1.54) is 7.11 Å². The van der Waals surface area contributed by atoms with Crippen molar-refractivity contribution in [3.63, 3.8) is 0 Å². The molecule has 0 radical (unpaired) electrons. The summed E-state index contributed by atoms with van der Waals surface area (Å²) in [4.78, 5) is 52.0. The van der Waals surface area contributed by atoms with Crippen LogP contribution in [0.1, 0.15) is 50.8 Å². The maximum Gasteiger partial charge on any atom is 0.306 e. The van der Waals surface area contributed by atoms with Gasteiger partial charge >= 0.3 is 5.97 Å². The van der Waals surface area contributed by atoms with Gasteiger partial charge in [-0.15, -0.1) is 0 Å². The Hall–Kier alpha value is -4.46. The van der Waals surface area contributed by atoms with Crippen LogP contribution in [0.15, 0.2) is 72.8 Å². The van der Waals surface area contributed by atoms with Gasteiger partial charge in [0.15, 0.2) is 0 Å². The number of carbonyl (C=O) groups excluding carboxylic acids is 4. The van der Waals surface area contributed by atoms with Crippen molar-refractivity contribution < 1.29 is 28.7 Å². The maximum absolute atomic E-state index is 13.2. The van der Waals surface area contributed by atoms with E-state index >= 15 is 0 Å². The first-order chi connectivity index (χ1) is 17.4. The van der Waals surface area contributed by atoms with Crippen LogP contribution in [0, 0.1) is 6.92 Å². The highest BCUT2D eigenvalue weighted by molar-refractivity contribution is 6.21. The van der Waals surface area contributed by atoms with E-state index in [0.29, 0.717) is 28.1 Å². The average Bonchev–Trinajstić information content (AvgIpc) is 3.13. The van der Waals surface area contributed by atoms with Crippen molar-refractivity contribution in [2.75, 3.05) is 19.0 Å². The Labute approximate surface area is 208 Å². The number of hydrogen-bond donors (Lipinski definition) is 1. The standard InChI is InChI=1S/C28H26N2O6/c1-18-14-15-23(35-2)22(17-18)29-26(32)25(19-9-4-3-5-10-19)36-24(31)13-8-16-30-27(33)20-11-6-7-12-21(20)28(30)34/h3-7,9-12,14-15,17,25H,8,13,16H2,1-2H3,(H,29,32). The van der Waals surface area contributed by atoms with E-state index in [2.05, 4.69) is 5.32 Å². The Morgan fingerprint density at radius 1 is 0.917 bits per heavy atom. The number of esters is 1. The smallest absolute Gasteiger partial charge is 0.306 e. The quantitative estimate of drug-likeness (QED) is 0.357. The number of hydrogen-bond acceptors (Lipinski definition) is 6. The second-order valence-electron chi connectivity index (χ2n) is 8.38. The molecule has 3 aromatic carbocycles. The number of aryl methyl sites for hydroxylation is 1. The van der Waals surface area contributed by atoms with Crippen molar-refractivity contribution in [2.24, 2.45) is 0 Å². The molecular weight excluding hydrogens is 460 g/mol. The van der Waals surface area contributed by atoms with E-state index in [0.717, 1.165) is 10.5 Å². The molecule has 3 amide bonds. The number of ether oxygens (including phenoxy) is 2. The third kappa shape index (κ3) is 5.27. The molecule has 0 spiro atoms. The molecule has 0 aliphatic carbocycles. The van der Waals surface area contributed by atoms with Gasteiger partial charge in [-0.25, -0.2) is 0 Å². The number of methoxy groups -OCH3 is 1. The van der Waals surface area contributed by atoms with Gasteiger partial charge in [-0.2, -0.15) is 0 Å². The zero-order valence-electron chi connectivity index (χ0n) is 20.0. The van der Waals surface area contributed by atoms with Gasteiger partial charge in [0.25, 0.3) is 17.7 Å². The molecule has 1 aliphatic heterocycles. The van der Waals surface area contributed by atoms with Crippen LogP contribution in [0.4, 0.5) is 5.69 Å². The number of amides is 3. The van der Waals surface area contributed by atoms with Gasteiger partial charge < -0.3 is 14.8 Å². The lowest BCUT2D eigenvalue weighted by Gasteiger charge is -2.20. The third-order valence-corrected chi connectivity index (χ3v) is 5.84. The molecule has 3 aromatic rings. The van der Waals surface area contributed by atoms with Gasteiger partial charge in [0, 0.05) is 18.5 Å². The molecule has 8 heteroatoms. The molecule has 36 heavy (non-hydrogen) atoms. The van der Waals surface area contributed by atoms with Crippen molar-refractivity contribution >= 4 is 29.4 Å². The summed E-state index contributed by atoms with van der Waals surface area (Å²) in [5, 5.41) is 2.79. The van der Waals surface area contributed by atoms with Crippen LogP contribution in [-0.4, -0.2) is 42.2 Å². The molecule has 4 rings (SSSR count). The Morgan fingerprint density at radius 3 is 2.19 bits per heavy atom. The first-order valence-electron chi connectivity index (χ1n) is 11.5. The lowest BCUT2D eigenvalue weighted by atomic mass is 10.1. The first kappa shape index (κ1) is 24.7. The molecule has 0 saturated carbocycles. The molecule has 184 valence electrons. The predicted molar refractivity (Wildman–Crippen MR) is 133 cm³/mol. The molecule has 0 aromatic heterocycles. The zero-order valence-corrected chi connectivity index (χ0v) is 20.0. The van der Waals surface area contributed by atoms with Crippen molar-refractivity contribution in [1.29, 1.82) is 0 Å². The van der Waals surface area contributed by atoms with Gasteiger partial charge in [-0.05, 0) is 43.2 Å². The van der Waals surface area contributed by atoms with Gasteiger partial charge in [0.2, 0.25) is 6.10 Å². The second kappa shape index (κ2) is 10.9. The van der Waals surface area contributed by atoms with E-state index in [9.17, 15) is 19.2 Å². The topological polar surface area (TPSA) is 102 Å². The summed E-state index contributed by atoms with van der Waals surface area (Å²) in [6.07, 6.45) is -1.06. The van der Waals surface area contributed by atoms with E-state index < -0.39 is 18.0 Å². The molecular formula is C28H26N2O6. The lowest BCUT2D eigenvalue weighted by Crippen LogP contribution is -2.31. The largest absolute Gasteiger partial charge is 0.495 e. The summed E-state index contributed by atoms with van der Waals surface area (Å²) in [6.45, 7) is 1.96. The fourth-order valence-electron chi connectivity index (χ4n) is 4.03. The van der Waals surface area contributed by atoms with Crippen LogP contribution >= 0.6 is 0 Å². The molecule has 0 fully saturated rings. The molecule has 1 unspecified atom stereocenters. The highest BCUT2D eigenvalue weighted by Gasteiger charge is 2.34. The Kier molecular flexibility index (Phi) is 7.44. The van der Waals surface area contributed by atoms with Crippen molar-refractivity contribution in [3.05, 3.63) is 95.1 Å². The van der Waals surface area contributed by atoms with E-state index in [4.69, 9.17) is 9.47 Å². The number of nitrogens with one attached hydrogen (secondary N) is 1. The van der Waals surface area contributed by atoms with Crippen LogP contribution in [-0.2, 0) is 14.3 Å². The maximum atomic E-state index is 13.2. The third-order valence-electron chi connectivity index (χ3n) is 5.84. The minimum Gasteiger partial charge on any atom is -0.495 e. The van der Waals surface area contributed by atoms with Crippen LogP contribution in [0.2, 0.25) is 0 Å². The monoisotopic (exact) mass is 486 g/mol. The molecule has 1 aliphatic rings. The number of anilines is 1. The number of nitrogens with zero attached hydrogens (tertiary/aromatic N) is 1. The van der Waals surface area contributed by atoms with Crippen molar-refractivity contribution in [1.82, 2.24) is 4.90 Å². The predicted octanol–water partition coefficient (Wildman–Crippen LogP) is 4.30. The normalized spacial score (nSPS) is 13.2. The highest BCUT2D eigenvalue weighted by atomic mass is 16.5. The SMILES string of the molecule is COc1ccc(C)cc1NC(=O)C(OC(=O)CCCN1C(=O)c2ccccc2C1=O)c1ccccc1. The Bertz CT molecular complexity index is 1270. The molecule has 0 saturated heterocycles. The van der Waals surface area contributed by atoms with Crippen LogP contribution < -0.4 is 10.1 Å². The summed E-state index contributed by atoms with van der Waals surface area (Å²) in [5.41, 5.74) is 2.61. The lowest BCUT2D eigenvalue weighted by molar-refractivity contribution is -0.154. The number of carbonyl (C=O) groups is 4. The second-order valence-corrected chi connectivity index (χ2v) is 8.38. The number of imide groups is 1. The summed E-state index contributed by atoms with van der Waals surface area (Å²) in [7, 11) is 1.50. The summed E-state index contributed by atoms with van der Waals surface area (Å²) in [6, 6.07) is 20.7. The summed E-state index contributed by atoms with van der Waals surface area (Å²) >= 11 is 0. The molecule has 1 heterocycles.